The molecule has 0 aromatic heterocycles. The van der Waals surface area contributed by atoms with Gasteiger partial charge in [0.15, 0.2) is 0 Å². The van der Waals surface area contributed by atoms with Gasteiger partial charge in [-0.05, 0) is 43.2 Å². The van der Waals surface area contributed by atoms with Gasteiger partial charge in [-0.1, -0.05) is 43.1 Å². The lowest BCUT2D eigenvalue weighted by molar-refractivity contribution is 0.0950. The molecule has 6 nitrogen and oxygen atoms in total. The summed E-state index contributed by atoms with van der Waals surface area (Å²) in [5.74, 6) is 0.0705. The number of anilines is 1. The van der Waals surface area contributed by atoms with Gasteiger partial charge in [-0.3, -0.25) is 4.79 Å². The topological polar surface area (TPSA) is 78.8 Å². The Morgan fingerprint density at radius 2 is 1.96 bits per heavy atom. The van der Waals surface area contributed by atoms with E-state index in [0.29, 0.717) is 23.1 Å². The summed E-state index contributed by atoms with van der Waals surface area (Å²) in [5, 5.41) is 3.34. The van der Waals surface area contributed by atoms with Crippen LogP contribution in [0.3, 0.4) is 0 Å². The Kier molecular flexibility index (Phi) is 6.05. The van der Waals surface area contributed by atoms with Crippen LogP contribution in [0, 0.1) is 0 Å². The van der Waals surface area contributed by atoms with Gasteiger partial charge in [-0.25, -0.2) is 0 Å². The van der Waals surface area contributed by atoms with Crippen molar-refractivity contribution in [3.63, 3.8) is 0 Å². The second-order valence-corrected chi connectivity index (χ2v) is 8.56. The molecule has 1 heterocycles. The van der Waals surface area contributed by atoms with Gasteiger partial charge in [0.1, 0.15) is 10.7 Å². The summed E-state index contributed by atoms with van der Waals surface area (Å²) in [6.07, 6.45) is 1.89. The summed E-state index contributed by atoms with van der Waals surface area (Å²) in [7, 11) is -3.83. The van der Waals surface area contributed by atoms with Crippen LogP contribution in [0.5, 0.6) is 0 Å². The molecule has 0 atom stereocenters. The SMILES string of the molecule is CCCCN1C(C)=NS(=O)(=O)c2cc(C(=O)NCc3ccccc3Cl)ccc21. The highest BCUT2D eigenvalue weighted by Crippen LogP contribution is 2.32. The first-order valence-corrected chi connectivity index (χ1v) is 10.9. The number of amides is 1. The monoisotopic (exact) mass is 419 g/mol. The smallest absolute Gasteiger partial charge is 0.286 e. The van der Waals surface area contributed by atoms with Crippen LogP contribution in [0.1, 0.15) is 42.6 Å². The molecule has 0 fully saturated rings. The van der Waals surface area contributed by atoms with Crippen LogP contribution in [0.25, 0.3) is 0 Å². The number of nitrogens with one attached hydrogen (secondary N) is 1. The van der Waals surface area contributed by atoms with Gasteiger partial charge in [0.25, 0.3) is 15.9 Å². The molecule has 0 unspecified atom stereocenters. The number of carbonyl (C=O) groups excluding carboxylic acids is 1. The number of fused-ring (bicyclic) bond motifs is 1. The standard InChI is InChI=1S/C20H22ClN3O3S/c1-3-4-11-24-14(2)23-28(26,27)19-12-15(9-10-18(19)24)20(25)22-13-16-7-5-6-8-17(16)21/h5-10,12H,3-4,11,13H2,1-2H3,(H,22,25). The number of unbranched alkanes of at least 4 members (excludes halogenated alkanes) is 1. The molecular formula is C20H22ClN3O3S. The summed E-state index contributed by atoms with van der Waals surface area (Å²) in [5.41, 5.74) is 1.61. The van der Waals surface area contributed by atoms with E-state index >= 15 is 0 Å². The van der Waals surface area contributed by atoms with Crippen molar-refractivity contribution in [1.82, 2.24) is 5.32 Å². The van der Waals surface area contributed by atoms with Crippen LogP contribution in [-0.2, 0) is 16.6 Å². The minimum absolute atomic E-state index is 0.0552. The van der Waals surface area contributed by atoms with E-state index in [-0.39, 0.29) is 22.9 Å². The fourth-order valence-corrected chi connectivity index (χ4v) is 4.52. The molecule has 0 saturated carbocycles. The maximum absolute atomic E-state index is 12.5. The van der Waals surface area contributed by atoms with E-state index in [1.165, 1.54) is 6.07 Å². The summed E-state index contributed by atoms with van der Waals surface area (Å²) < 4.78 is 28.9. The molecule has 1 amide bonds. The third-order valence-electron chi connectivity index (χ3n) is 4.57. The largest absolute Gasteiger partial charge is 0.348 e. The van der Waals surface area contributed by atoms with Crippen molar-refractivity contribution in [2.75, 3.05) is 11.4 Å². The molecule has 28 heavy (non-hydrogen) atoms. The summed E-state index contributed by atoms with van der Waals surface area (Å²) in [4.78, 5) is 14.5. The lowest BCUT2D eigenvalue weighted by Gasteiger charge is -2.29. The number of nitrogens with zero attached hydrogens (tertiary/aromatic N) is 2. The molecule has 3 rings (SSSR count). The number of sulfonamides is 1. The first-order chi connectivity index (χ1) is 13.3. The Morgan fingerprint density at radius 3 is 2.68 bits per heavy atom. The third kappa shape index (κ3) is 4.20. The Hall–Kier alpha value is -2.38. The number of carbonyl (C=O) groups is 1. The molecule has 0 spiro atoms. The van der Waals surface area contributed by atoms with Crippen molar-refractivity contribution in [3.05, 3.63) is 58.6 Å². The fourth-order valence-electron chi connectivity index (χ4n) is 3.05. The van der Waals surface area contributed by atoms with Gasteiger partial charge in [0, 0.05) is 23.7 Å². The van der Waals surface area contributed by atoms with Crippen LogP contribution in [0.4, 0.5) is 5.69 Å². The maximum Gasteiger partial charge on any atom is 0.286 e. The number of hydrogen-bond acceptors (Lipinski definition) is 4. The van der Waals surface area contributed by atoms with Crippen molar-refractivity contribution in [2.24, 2.45) is 4.40 Å². The zero-order chi connectivity index (χ0) is 20.3. The molecule has 8 heteroatoms. The van der Waals surface area contributed by atoms with Gasteiger partial charge in [-0.2, -0.15) is 8.42 Å². The average Bonchev–Trinajstić information content (AvgIpc) is 2.66. The molecular weight excluding hydrogens is 398 g/mol. The zero-order valence-electron chi connectivity index (χ0n) is 15.8. The van der Waals surface area contributed by atoms with Crippen molar-refractivity contribution < 1.29 is 13.2 Å². The number of benzene rings is 2. The van der Waals surface area contributed by atoms with E-state index < -0.39 is 10.0 Å². The van der Waals surface area contributed by atoms with E-state index in [1.807, 2.05) is 23.1 Å². The van der Waals surface area contributed by atoms with Crippen molar-refractivity contribution in [2.45, 2.75) is 38.1 Å². The molecule has 0 radical (unpaired) electrons. The van der Waals surface area contributed by atoms with Crippen LogP contribution in [0.2, 0.25) is 5.02 Å². The molecule has 0 bridgehead atoms. The van der Waals surface area contributed by atoms with E-state index in [2.05, 4.69) is 16.6 Å². The predicted molar refractivity (Wildman–Crippen MR) is 112 cm³/mol. The lowest BCUT2D eigenvalue weighted by atomic mass is 10.1. The number of halogens is 1. The summed E-state index contributed by atoms with van der Waals surface area (Å²) in [6.45, 7) is 4.68. The highest BCUT2D eigenvalue weighted by Gasteiger charge is 2.29. The first-order valence-electron chi connectivity index (χ1n) is 9.08. The van der Waals surface area contributed by atoms with Crippen LogP contribution in [-0.4, -0.2) is 26.7 Å². The molecule has 2 aromatic carbocycles. The Labute approximate surface area is 170 Å². The van der Waals surface area contributed by atoms with E-state index in [9.17, 15) is 13.2 Å². The van der Waals surface area contributed by atoms with Crippen LogP contribution < -0.4 is 10.2 Å². The van der Waals surface area contributed by atoms with E-state index in [0.717, 1.165) is 18.4 Å². The normalized spacial score (nSPS) is 15.0. The fraction of sp³-hybridized carbons (Fsp3) is 0.300. The minimum Gasteiger partial charge on any atom is -0.348 e. The average molecular weight is 420 g/mol. The van der Waals surface area contributed by atoms with Gasteiger partial charge in [-0.15, -0.1) is 4.40 Å². The highest BCUT2D eigenvalue weighted by molar-refractivity contribution is 7.90. The first kappa shape index (κ1) is 20.4. The molecule has 1 aliphatic rings. The highest BCUT2D eigenvalue weighted by atomic mass is 35.5. The summed E-state index contributed by atoms with van der Waals surface area (Å²) >= 11 is 6.11. The van der Waals surface area contributed by atoms with Crippen LogP contribution in [0.15, 0.2) is 51.8 Å². The summed E-state index contributed by atoms with van der Waals surface area (Å²) in [6, 6.07) is 11.9. The predicted octanol–water partition coefficient (Wildman–Crippen LogP) is 4.00. The number of rotatable bonds is 6. The van der Waals surface area contributed by atoms with Crippen LogP contribution >= 0.6 is 11.6 Å². The van der Waals surface area contributed by atoms with E-state index in [1.54, 1.807) is 25.1 Å². The zero-order valence-corrected chi connectivity index (χ0v) is 17.3. The Balaban J connectivity index is 1.86. The molecule has 1 aliphatic heterocycles. The van der Waals surface area contributed by atoms with Gasteiger partial charge in [0.2, 0.25) is 0 Å². The molecule has 148 valence electrons. The number of amidine groups is 1. The molecule has 2 aromatic rings. The van der Waals surface area contributed by atoms with Gasteiger partial charge in [0.05, 0.1) is 5.69 Å². The molecule has 0 aliphatic carbocycles. The van der Waals surface area contributed by atoms with E-state index in [4.69, 9.17) is 11.6 Å². The van der Waals surface area contributed by atoms with Crippen molar-refractivity contribution >= 4 is 39.1 Å². The van der Waals surface area contributed by atoms with Gasteiger partial charge >= 0.3 is 0 Å². The number of hydrogen-bond donors (Lipinski definition) is 1. The molecule has 1 N–H and O–H groups in total. The molecule has 0 saturated heterocycles. The van der Waals surface area contributed by atoms with Crippen molar-refractivity contribution in [3.8, 4) is 0 Å². The second-order valence-electron chi connectivity index (χ2n) is 6.58. The second kappa shape index (κ2) is 8.32. The lowest BCUT2D eigenvalue weighted by Crippen LogP contribution is -2.35. The maximum atomic E-state index is 12.5. The Bertz CT molecular complexity index is 1030. The van der Waals surface area contributed by atoms with Gasteiger partial charge < -0.3 is 10.2 Å². The quantitative estimate of drug-likeness (QED) is 0.767. The third-order valence-corrected chi connectivity index (χ3v) is 6.32. The Morgan fingerprint density at radius 1 is 1.21 bits per heavy atom. The van der Waals surface area contributed by atoms with Crippen molar-refractivity contribution in [1.29, 1.82) is 0 Å². The minimum atomic E-state index is -3.83.